The number of ether oxygens (including phenoxy) is 1. The van der Waals surface area contributed by atoms with Crippen molar-refractivity contribution < 1.29 is 9.53 Å². The molecule has 0 spiro atoms. The number of piperidine rings is 2. The van der Waals surface area contributed by atoms with Crippen molar-refractivity contribution in [3.63, 3.8) is 0 Å². The van der Waals surface area contributed by atoms with Crippen molar-refractivity contribution in [2.24, 2.45) is 5.41 Å². The van der Waals surface area contributed by atoms with Crippen molar-refractivity contribution >= 4 is 5.91 Å². The Labute approximate surface area is 122 Å². The van der Waals surface area contributed by atoms with Gasteiger partial charge in [-0.3, -0.25) is 9.69 Å². The molecule has 1 amide bonds. The molecule has 0 aromatic rings. The highest BCUT2D eigenvalue weighted by molar-refractivity contribution is 5.76. The minimum atomic E-state index is 0.0966. The molecule has 0 radical (unpaired) electrons. The van der Waals surface area contributed by atoms with Crippen LogP contribution in [0.2, 0.25) is 0 Å². The quantitative estimate of drug-likeness (QED) is 0.774. The van der Waals surface area contributed by atoms with E-state index in [0.29, 0.717) is 30.6 Å². The van der Waals surface area contributed by atoms with E-state index in [2.05, 4.69) is 30.6 Å². The maximum atomic E-state index is 12.2. The van der Waals surface area contributed by atoms with Gasteiger partial charge in [-0.2, -0.15) is 0 Å². The van der Waals surface area contributed by atoms with Crippen molar-refractivity contribution in [1.82, 2.24) is 9.80 Å². The molecule has 114 valence electrons. The predicted octanol–water partition coefficient (Wildman–Crippen LogP) is 1.89. The van der Waals surface area contributed by atoms with Gasteiger partial charge < -0.3 is 9.64 Å². The molecular weight excluding hydrogens is 252 g/mol. The molecule has 20 heavy (non-hydrogen) atoms. The molecule has 0 aliphatic carbocycles. The highest BCUT2D eigenvalue weighted by Crippen LogP contribution is 2.31. The Morgan fingerprint density at radius 1 is 1.15 bits per heavy atom. The van der Waals surface area contributed by atoms with Crippen LogP contribution < -0.4 is 0 Å². The zero-order chi connectivity index (χ0) is 14.3. The van der Waals surface area contributed by atoms with Gasteiger partial charge in [0.1, 0.15) is 0 Å². The Balaban J connectivity index is 1.46. The highest BCUT2D eigenvalue weighted by atomic mass is 16.5. The molecule has 4 rings (SSSR count). The van der Waals surface area contributed by atoms with E-state index >= 15 is 0 Å². The van der Waals surface area contributed by atoms with E-state index in [1.54, 1.807) is 0 Å². The van der Waals surface area contributed by atoms with Gasteiger partial charge in [-0.05, 0) is 18.3 Å². The van der Waals surface area contributed by atoms with Crippen molar-refractivity contribution in [2.45, 2.75) is 64.7 Å². The molecule has 4 fully saturated rings. The fraction of sp³-hybridized carbons (Fsp3) is 0.938. The second kappa shape index (κ2) is 5.30. The van der Waals surface area contributed by atoms with Crippen LogP contribution >= 0.6 is 0 Å². The number of carbonyl (C=O) groups excluding carboxylic acids is 1. The number of amides is 1. The first-order valence-corrected chi connectivity index (χ1v) is 8.08. The summed E-state index contributed by atoms with van der Waals surface area (Å²) in [6, 6.07) is 0.669. The topological polar surface area (TPSA) is 32.8 Å². The largest absolute Gasteiger partial charge is 0.372 e. The van der Waals surface area contributed by atoms with Crippen LogP contribution in [0, 0.1) is 5.41 Å². The summed E-state index contributed by atoms with van der Waals surface area (Å²) in [6.07, 6.45) is 5.19. The van der Waals surface area contributed by atoms with E-state index in [1.807, 2.05) is 0 Å². The lowest BCUT2D eigenvalue weighted by atomic mass is 9.90. The molecule has 4 aliphatic heterocycles. The molecule has 2 atom stereocenters. The van der Waals surface area contributed by atoms with Crippen molar-refractivity contribution in [3.05, 3.63) is 0 Å². The molecule has 4 heteroatoms. The Morgan fingerprint density at radius 3 is 2.20 bits per heavy atom. The van der Waals surface area contributed by atoms with Crippen LogP contribution in [-0.2, 0) is 9.53 Å². The Morgan fingerprint density at radius 2 is 1.70 bits per heavy atom. The van der Waals surface area contributed by atoms with Crippen LogP contribution in [0.4, 0.5) is 0 Å². The smallest absolute Gasteiger partial charge is 0.223 e. The minimum Gasteiger partial charge on any atom is -0.372 e. The maximum Gasteiger partial charge on any atom is 0.223 e. The van der Waals surface area contributed by atoms with Gasteiger partial charge in [0.15, 0.2) is 0 Å². The van der Waals surface area contributed by atoms with Crippen molar-refractivity contribution in [3.8, 4) is 0 Å². The SMILES string of the molecule is CC(C)(C)CC(=O)N1CCC(N2CC3CC(C2)O3)CC1. The lowest BCUT2D eigenvalue weighted by molar-refractivity contribution is -0.190. The van der Waals surface area contributed by atoms with Gasteiger partial charge in [-0.15, -0.1) is 0 Å². The van der Waals surface area contributed by atoms with Gasteiger partial charge >= 0.3 is 0 Å². The Kier molecular flexibility index (Phi) is 3.80. The van der Waals surface area contributed by atoms with Gasteiger partial charge in [-0.1, -0.05) is 20.8 Å². The van der Waals surface area contributed by atoms with E-state index in [9.17, 15) is 4.79 Å². The van der Waals surface area contributed by atoms with E-state index in [4.69, 9.17) is 4.74 Å². The number of hydrogen-bond donors (Lipinski definition) is 0. The summed E-state index contributed by atoms with van der Waals surface area (Å²) in [6.45, 7) is 10.5. The number of likely N-dealkylation sites (tertiary alicyclic amines) is 1. The van der Waals surface area contributed by atoms with Crippen LogP contribution in [0.3, 0.4) is 0 Å². The van der Waals surface area contributed by atoms with Crippen LogP contribution in [0.5, 0.6) is 0 Å². The molecule has 2 bridgehead atoms. The van der Waals surface area contributed by atoms with Crippen LogP contribution in [0.1, 0.15) is 46.5 Å². The first kappa shape index (κ1) is 14.3. The third-order valence-electron chi connectivity index (χ3n) is 4.80. The number of morpholine rings is 1. The minimum absolute atomic E-state index is 0.0966. The summed E-state index contributed by atoms with van der Waals surface area (Å²) in [5, 5.41) is 0. The molecule has 4 heterocycles. The summed E-state index contributed by atoms with van der Waals surface area (Å²) in [7, 11) is 0. The number of hydrogen-bond acceptors (Lipinski definition) is 3. The molecule has 0 N–H and O–H groups in total. The van der Waals surface area contributed by atoms with E-state index in [-0.39, 0.29) is 5.41 Å². The average molecular weight is 280 g/mol. The van der Waals surface area contributed by atoms with E-state index in [0.717, 1.165) is 39.0 Å². The number of fused-ring (bicyclic) bond motifs is 2. The second-order valence-corrected chi connectivity index (χ2v) is 7.92. The van der Waals surface area contributed by atoms with Crippen molar-refractivity contribution in [1.29, 1.82) is 0 Å². The van der Waals surface area contributed by atoms with Crippen LogP contribution in [0.25, 0.3) is 0 Å². The fourth-order valence-electron chi connectivity index (χ4n) is 3.73. The fourth-order valence-corrected chi connectivity index (χ4v) is 3.73. The molecule has 0 aromatic heterocycles. The first-order valence-electron chi connectivity index (χ1n) is 8.08. The van der Waals surface area contributed by atoms with E-state index < -0.39 is 0 Å². The monoisotopic (exact) mass is 280 g/mol. The zero-order valence-corrected chi connectivity index (χ0v) is 13.1. The molecule has 0 aromatic carbocycles. The molecule has 0 saturated carbocycles. The summed E-state index contributed by atoms with van der Waals surface area (Å²) in [5.74, 6) is 0.334. The molecule has 4 saturated heterocycles. The van der Waals surface area contributed by atoms with Gasteiger partial charge in [0.2, 0.25) is 5.91 Å². The standard InChI is InChI=1S/C16H28N2O2/c1-16(2,3)9-15(19)17-6-4-12(5-7-17)18-10-13-8-14(11-18)20-13/h12-14H,4-11H2,1-3H3. The number of nitrogens with zero attached hydrogens (tertiary/aromatic N) is 2. The molecular formula is C16H28N2O2. The lowest BCUT2D eigenvalue weighted by Crippen LogP contribution is -2.61. The third kappa shape index (κ3) is 3.17. The average Bonchev–Trinajstić information content (AvgIpc) is 2.36. The van der Waals surface area contributed by atoms with Crippen molar-refractivity contribution in [2.75, 3.05) is 26.2 Å². The summed E-state index contributed by atoms with van der Waals surface area (Å²) < 4.78 is 5.70. The lowest BCUT2D eigenvalue weighted by Gasteiger charge is -2.51. The second-order valence-electron chi connectivity index (χ2n) is 7.92. The maximum absolute atomic E-state index is 12.2. The molecule has 4 aliphatic rings. The first-order chi connectivity index (χ1) is 9.40. The predicted molar refractivity (Wildman–Crippen MR) is 78.5 cm³/mol. The highest BCUT2D eigenvalue weighted by Gasteiger charge is 2.41. The van der Waals surface area contributed by atoms with Crippen LogP contribution in [-0.4, -0.2) is 60.1 Å². The summed E-state index contributed by atoms with van der Waals surface area (Å²) >= 11 is 0. The zero-order valence-electron chi connectivity index (χ0n) is 13.1. The van der Waals surface area contributed by atoms with Gasteiger partial charge in [0, 0.05) is 45.1 Å². The summed E-state index contributed by atoms with van der Waals surface area (Å²) in [4.78, 5) is 16.9. The van der Waals surface area contributed by atoms with Crippen LogP contribution in [0.15, 0.2) is 0 Å². The van der Waals surface area contributed by atoms with Gasteiger partial charge in [-0.25, -0.2) is 0 Å². The molecule has 2 unspecified atom stereocenters. The van der Waals surface area contributed by atoms with E-state index in [1.165, 1.54) is 6.42 Å². The molecule has 4 nitrogen and oxygen atoms in total. The Hall–Kier alpha value is -0.610. The third-order valence-corrected chi connectivity index (χ3v) is 4.80. The normalized spacial score (nSPS) is 32.0. The van der Waals surface area contributed by atoms with Gasteiger partial charge in [0.25, 0.3) is 0 Å². The number of rotatable bonds is 2. The number of carbonyl (C=O) groups is 1. The Bertz CT molecular complexity index is 353. The van der Waals surface area contributed by atoms with Gasteiger partial charge in [0.05, 0.1) is 12.2 Å². The summed E-state index contributed by atoms with van der Waals surface area (Å²) in [5.41, 5.74) is 0.0966.